The van der Waals surface area contributed by atoms with Crippen LogP contribution in [-0.4, -0.2) is 40.1 Å². The van der Waals surface area contributed by atoms with Gasteiger partial charge in [-0.25, -0.2) is 4.98 Å². The van der Waals surface area contributed by atoms with Crippen molar-refractivity contribution >= 4 is 22.5 Å². The van der Waals surface area contributed by atoms with Gasteiger partial charge in [0.2, 0.25) is 0 Å². The molecule has 5 nitrogen and oxygen atoms in total. The molecule has 1 fully saturated rings. The first-order chi connectivity index (χ1) is 10.1. The number of carbonyl (C=O) groups is 1. The van der Waals surface area contributed by atoms with Crippen molar-refractivity contribution in [3.05, 3.63) is 36.0 Å². The van der Waals surface area contributed by atoms with E-state index >= 15 is 0 Å². The van der Waals surface area contributed by atoms with Crippen molar-refractivity contribution in [3.63, 3.8) is 0 Å². The van der Waals surface area contributed by atoms with Crippen molar-refractivity contribution in [1.82, 2.24) is 9.88 Å². The first-order valence-corrected chi connectivity index (χ1v) is 7.19. The van der Waals surface area contributed by atoms with Gasteiger partial charge in [0, 0.05) is 24.4 Å². The molecule has 1 amide bonds. The van der Waals surface area contributed by atoms with Crippen LogP contribution in [0.3, 0.4) is 0 Å². The fourth-order valence-electron chi connectivity index (χ4n) is 2.86. The number of nitrogens with zero attached hydrogens (tertiary/aromatic N) is 2. The largest absolute Gasteiger partial charge is 0.393 e. The molecule has 1 aliphatic rings. The Morgan fingerprint density at radius 3 is 2.95 bits per heavy atom. The van der Waals surface area contributed by atoms with Gasteiger partial charge in [-0.05, 0) is 24.8 Å². The van der Waals surface area contributed by atoms with Crippen molar-refractivity contribution in [2.24, 2.45) is 5.92 Å². The maximum atomic E-state index is 12.5. The Morgan fingerprint density at radius 1 is 1.48 bits per heavy atom. The zero-order valence-electron chi connectivity index (χ0n) is 12.0. The van der Waals surface area contributed by atoms with Gasteiger partial charge in [-0.15, -0.1) is 0 Å². The number of hydrogen-bond acceptors (Lipinski definition) is 4. The molecule has 2 atom stereocenters. The van der Waals surface area contributed by atoms with Crippen molar-refractivity contribution in [2.75, 3.05) is 18.8 Å². The van der Waals surface area contributed by atoms with Crippen LogP contribution in [0, 0.1) is 5.92 Å². The van der Waals surface area contributed by atoms with Crippen molar-refractivity contribution < 1.29 is 9.90 Å². The molecule has 2 aromatic rings. The van der Waals surface area contributed by atoms with E-state index in [1.54, 1.807) is 17.9 Å². The van der Waals surface area contributed by atoms with Gasteiger partial charge in [-0.1, -0.05) is 24.3 Å². The number of likely N-dealkylation sites (tertiary alicyclic amines) is 1. The predicted octanol–water partition coefficient (Wildman–Crippen LogP) is 1.66. The Morgan fingerprint density at radius 2 is 2.24 bits per heavy atom. The molecule has 3 N–H and O–H groups in total. The number of anilines is 1. The summed E-state index contributed by atoms with van der Waals surface area (Å²) in [4.78, 5) is 18.5. The van der Waals surface area contributed by atoms with E-state index < -0.39 is 6.10 Å². The highest BCUT2D eigenvalue weighted by atomic mass is 16.3. The fourth-order valence-corrected chi connectivity index (χ4v) is 2.86. The number of aromatic nitrogens is 1. The van der Waals surface area contributed by atoms with Crippen molar-refractivity contribution in [2.45, 2.75) is 19.4 Å². The molecule has 1 aliphatic heterocycles. The monoisotopic (exact) mass is 285 g/mol. The molecule has 110 valence electrons. The Kier molecular flexibility index (Phi) is 3.51. The van der Waals surface area contributed by atoms with E-state index in [4.69, 9.17) is 5.73 Å². The zero-order valence-corrected chi connectivity index (χ0v) is 12.0. The number of amides is 1. The van der Waals surface area contributed by atoms with E-state index in [-0.39, 0.29) is 11.8 Å². The summed E-state index contributed by atoms with van der Waals surface area (Å²) in [6.45, 7) is 3.00. The quantitative estimate of drug-likeness (QED) is 0.879. The van der Waals surface area contributed by atoms with Crippen molar-refractivity contribution in [1.29, 1.82) is 0 Å². The van der Waals surface area contributed by atoms with Gasteiger partial charge in [0.15, 0.2) is 0 Å². The number of benzene rings is 1. The van der Waals surface area contributed by atoms with Gasteiger partial charge in [-0.2, -0.15) is 0 Å². The van der Waals surface area contributed by atoms with Crippen LogP contribution in [0.4, 0.5) is 5.82 Å². The van der Waals surface area contributed by atoms with Gasteiger partial charge in [0.05, 0.1) is 6.10 Å². The van der Waals surface area contributed by atoms with Crippen LogP contribution in [-0.2, 0) is 0 Å². The maximum Gasteiger partial charge on any atom is 0.272 e. The van der Waals surface area contributed by atoms with Gasteiger partial charge in [0.25, 0.3) is 5.91 Å². The second-order valence-corrected chi connectivity index (χ2v) is 5.65. The highest BCUT2D eigenvalue weighted by molar-refractivity contribution is 5.99. The fraction of sp³-hybridized carbons (Fsp3) is 0.375. The summed E-state index contributed by atoms with van der Waals surface area (Å²) >= 11 is 0. The smallest absolute Gasteiger partial charge is 0.272 e. The maximum absolute atomic E-state index is 12.5. The Balaban J connectivity index is 1.89. The Bertz CT molecular complexity index is 684. The van der Waals surface area contributed by atoms with E-state index in [1.807, 2.05) is 24.3 Å². The Hall–Kier alpha value is -2.14. The number of fused-ring (bicyclic) bond motifs is 1. The first-order valence-electron chi connectivity index (χ1n) is 7.19. The van der Waals surface area contributed by atoms with E-state index in [0.29, 0.717) is 24.6 Å². The highest BCUT2D eigenvalue weighted by Crippen LogP contribution is 2.24. The number of pyridine rings is 1. The third-order valence-corrected chi connectivity index (χ3v) is 4.18. The minimum atomic E-state index is -0.391. The minimum Gasteiger partial charge on any atom is -0.393 e. The van der Waals surface area contributed by atoms with Crippen LogP contribution in [0.5, 0.6) is 0 Å². The molecule has 0 aliphatic carbocycles. The molecule has 0 bridgehead atoms. The summed E-state index contributed by atoms with van der Waals surface area (Å²) in [6, 6.07) is 9.41. The normalized spacial score (nSPS) is 19.9. The molecule has 2 unspecified atom stereocenters. The molecule has 3 rings (SSSR count). The summed E-state index contributed by atoms with van der Waals surface area (Å²) in [5, 5.41) is 11.4. The third-order valence-electron chi connectivity index (χ3n) is 4.18. The lowest BCUT2D eigenvalue weighted by atomic mass is 10.0. The highest BCUT2D eigenvalue weighted by Gasteiger charge is 2.30. The summed E-state index contributed by atoms with van der Waals surface area (Å²) in [7, 11) is 0. The van der Waals surface area contributed by atoms with E-state index in [2.05, 4.69) is 4.98 Å². The number of carbonyl (C=O) groups excluding carboxylic acids is 1. The number of rotatable bonds is 2. The molecule has 0 spiro atoms. The lowest BCUT2D eigenvalue weighted by Gasteiger charge is -2.17. The standard InChI is InChI=1S/C16H19N3O2/c1-10(20)12-6-7-19(9-12)16(21)14-8-11-4-2-3-5-13(11)15(17)18-14/h2-5,8,10,12,20H,6-7,9H2,1H3,(H2,17,18). The minimum absolute atomic E-state index is 0.115. The summed E-state index contributed by atoms with van der Waals surface area (Å²) < 4.78 is 0. The average Bonchev–Trinajstić information content (AvgIpc) is 2.96. The van der Waals surface area contributed by atoms with Crippen LogP contribution in [0.1, 0.15) is 23.8 Å². The topological polar surface area (TPSA) is 79.5 Å². The second kappa shape index (κ2) is 5.33. The lowest BCUT2D eigenvalue weighted by molar-refractivity contribution is 0.0757. The van der Waals surface area contributed by atoms with E-state index in [1.165, 1.54) is 0 Å². The van der Waals surface area contributed by atoms with Gasteiger partial charge in [0.1, 0.15) is 11.5 Å². The van der Waals surface area contributed by atoms with Crippen LogP contribution in [0.2, 0.25) is 0 Å². The number of hydrogen-bond donors (Lipinski definition) is 2. The molecule has 1 aromatic carbocycles. The van der Waals surface area contributed by atoms with Gasteiger partial charge >= 0.3 is 0 Å². The van der Waals surface area contributed by atoms with Gasteiger partial charge < -0.3 is 15.7 Å². The first kappa shape index (κ1) is 13.8. The second-order valence-electron chi connectivity index (χ2n) is 5.65. The van der Waals surface area contributed by atoms with Crippen LogP contribution in [0.25, 0.3) is 10.8 Å². The number of aliphatic hydroxyl groups excluding tert-OH is 1. The van der Waals surface area contributed by atoms with E-state index in [0.717, 1.165) is 17.2 Å². The summed E-state index contributed by atoms with van der Waals surface area (Å²) in [5.41, 5.74) is 6.32. The number of aliphatic hydroxyl groups is 1. The zero-order chi connectivity index (χ0) is 15.0. The predicted molar refractivity (Wildman–Crippen MR) is 81.8 cm³/mol. The molecule has 1 aromatic heterocycles. The average molecular weight is 285 g/mol. The molecule has 0 radical (unpaired) electrons. The summed E-state index contributed by atoms with van der Waals surface area (Å²) in [6.07, 6.45) is 0.435. The third kappa shape index (κ3) is 2.56. The van der Waals surface area contributed by atoms with Crippen LogP contribution < -0.4 is 5.73 Å². The SMILES string of the molecule is CC(O)C1CCN(C(=O)c2cc3ccccc3c(N)n2)C1. The molecule has 21 heavy (non-hydrogen) atoms. The molecule has 5 heteroatoms. The molecular formula is C16H19N3O2. The summed E-state index contributed by atoms with van der Waals surface area (Å²) in [5.74, 6) is 0.407. The number of nitrogens with two attached hydrogens (primary N) is 1. The molecule has 1 saturated heterocycles. The van der Waals surface area contributed by atoms with Crippen molar-refractivity contribution in [3.8, 4) is 0 Å². The van der Waals surface area contributed by atoms with E-state index in [9.17, 15) is 9.90 Å². The molecule has 2 heterocycles. The Labute approximate surface area is 123 Å². The number of nitrogen functional groups attached to an aromatic ring is 1. The van der Waals surface area contributed by atoms with Gasteiger partial charge in [-0.3, -0.25) is 4.79 Å². The van der Waals surface area contributed by atoms with Crippen LogP contribution >= 0.6 is 0 Å². The molecule has 0 saturated carbocycles. The lowest BCUT2D eigenvalue weighted by Crippen LogP contribution is -2.31. The van der Waals surface area contributed by atoms with Crippen LogP contribution in [0.15, 0.2) is 30.3 Å². The molecular weight excluding hydrogens is 266 g/mol.